The van der Waals surface area contributed by atoms with E-state index in [1.165, 1.54) is 16.7 Å². The van der Waals surface area contributed by atoms with Crippen LogP contribution in [-0.4, -0.2) is 25.7 Å². The molecule has 0 atom stereocenters. The van der Waals surface area contributed by atoms with E-state index in [1.54, 1.807) is 13.0 Å². The Morgan fingerprint density at radius 1 is 1.44 bits per heavy atom. The van der Waals surface area contributed by atoms with Gasteiger partial charge in [-0.3, -0.25) is 9.36 Å². The summed E-state index contributed by atoms with van der Waals surface area (Å²) in [5.41, 5.74) is 0.607. The SMILES string of the molecule is Cc1nc(=O)n(CCC(=O)O)c2ccc(O)cc12. The van der Waals surface area contributed by atoms with Gasteiger partial charge in [0, 0.05) is 11.9 Å². The number of benzene rings is 1. The molecule has 0 radical (unpaired) electrons. The van der Waals surface area contributed by atoms with Crippen LogP contribution in [0.1, 0.15) is 12.1 Å². The van der Waals surface area contributed by atoms with Crippen molar-refractivity contribution in [3.63, 3.8) is 0 Å². The molecule has 0 amide bonds. The monoisotopic (exact) mass is 248 g/mol. The fraction of sp³-hybridized carbons (Fsp3) is 0.250. The number of fused-ring (bicyclic) bond motifs is 1. The predicted molar refractivity (Wildman–Crippen MR) is 64.7 cm³/mol. The van der Waals surface area contributed by atoms with Gasteiger partial charge >= 0.3 is 11.7 Å². The van der Waals surface area contributed by atoms with E-state index in [2.05, 4.69) is 4.98 Å². The van der Waals surface area contributed by atoms with E-state index in [-0.39, 0.29) is 18.7 Å². The molecule has 0 fully saturated rings. The van der Waals surface area contributed by atoms with Gasteiger partial charge in [0.25, 0.3) is 0 Å². The molecule has 1 heterocycles. The van der Waals surface area contributed by atoms with Gasteiger partial charge in [-0.25, -0.2) is 4.79 Å². The second-order valence-corrected chi connectivity index (χ2v) is 3.98. The first-order valence-electron chi connectivity index (χ1n) is 5.41. The van der Waals surface area contributed by atoms with Crippen LogP contribution in [0.3, 0.4) is 0 Å². The van der Waals surface area contributed by atoms with Gasteiger partial charge in [0.1, 0.15) is 5.75 Å². The molecule has 6 heteroatoms. The lowest BCUT2D eigenvalue weighted by molar-refractivity contribution is -0.137. The molecule has 0 saturated heterocycles. The first kappa shape index (κ1) is 12.1. The summed E-state index contributed by atoms with van der Waals surface area (Å²) >= 11 is 0. The minimum absolute atomic E-state index is 0.0583. The first-order valence-corrected chi connectivity index (χ1v) is 5.41. The zero-order chi connectivity index (χ0) is 13.3. The maximum absolute atomic E-state index is 11.7. The van der Waals surface area contributed by atoms with Gasteiger partial charge in [0.15, 0.2) is 0 Å². The van der Waals surface area contributed by atoms with Crippen LogP contribution < -0.4 is 5.69 Å². The molecule has 0 unspecified atom stereocenters. The number of nitrogens with zero attached hydrogens (tertiary/aromatic N) is 2. The molecule has 0 bridgehead atoms. The third-order valence-electron chi connectivity index (χ3n) is 2.70. The van der Waals surface area contributed by atoms with Crippen molar-refractivity contribution in [3.05, 3.63) is 34.4 Å². The molecule has 6 nitrogen and oxygen atoms in total. The maximum Gasteiger partial charge on any atom is 0.348 e. The van der Waals surface area contributed by atoms with Crippen LogP contribution >= 0.6 is 0 Å². The minimum Gasteiger partial charge on any atom is -0.508 e. The smallest absolute Gasteiger partial charge is 0.348 e. The van der Waals surface area contributed by atoms with Crippen LogP contribution in [0.2, 0.25) is 0 Å². The van der Waals surface area contributed by atoms with Gasteiger partial charge in [-0.05, 0) is 25.1 Å². The topological polar surface area (TPSA) is 92.4 Å². The summed E-state index contributed by atoms with van der Waals surface area (Å²) in [6, 6.07) is 4.55. The molecule has 0 aliphatic rings. The molecular weight excluding hydrogens is 236 g/mol. The molecule has 94 valence electrons. The van der Waals surface area contributed by atoms with Gasteiger partial charge in [0.05, 0.1) is 17.6 Å². The summed E-state index contributed by atoms with van der Waals surface area (Å²) in [6.07, 6.45) is -0.152. The van der Waals surface area contributed by atoms with Gasteiger partial charge in [-0.2, -0.15) is 4.98 Å². The van der Waals surface area contributed by atoms with Crippen molar-refractivity contribution in [2.75, 3.05) is 0 Å². The van der Waals surface area contributed by atoms with E-state index in [9.17, 15) is 14.7 Å². The van der Waals surface area contributed by atoms with E-state index in [0.717, 1.165) is 0 Å². The maximum atomic E-state index is 11.7. The second kappa shape index (κ2) is 4.48. The number of rotatable bonds is 3. The standard InChI is InChI=1S/C12H12N2O4/c1-7-9-6-8(15)2-3-10(9)14(12(18)13-7)5-4-11(16)17/h2-3,6,15H,4-5H2,1H3,(H,16,17). The minimum atomic E-state index is -0.977. The third kappa shape index (κ3) is 2.17. The van der Waals surface area contributed by atoms with Crippen LogP contribution in [0, 0.1) is 6.92 Å². The van der Waals surface area contributed by atoms with Gasteiger partial charge in [-0.15, -0.1) is 0 Å². The number of aromatic hydroxyl groups is 1. The molecule has 0 saturated carbocycles. The number of hydrogen-bond acceptors (Lipinski definition) is 4. The zero-order valence-corrected chi connectivity index (χ0v) is 9.75. The molecule has 1 aromatic heterocycles. The molecule has 18 heavy (non-hydrogen) atoms. The summed E-state index contributed by atoms with van der Waals surface area (Å²) in [7, 11) is 0. The number of carboxylic acid groups (broad SMARTS) is 1. The quantitative estimate of drug-likeness (QED) is 0.841. The van der Waals surface area contributed by atoms with Crippen molar-refractivity contribution < 1.29 is 15.0 Å². The normalized spacial score (nSPS) is 10.7. The highest BCUT2D eigenvalue weighted by Crippen LogP contribution is 2.20. The first-order chi connectivity index (χ1) is 8.49. The summed E-state index contributed by atoms with van der Waals surface area (Å²) in [6.45, 7) is 1.73. The van der Waals surface area contributed by atoms with E-state index < -0.39 is 11.7 Å². The Hall–Kier alpha value is -2.37. The second-order valence-electron chi connectivity index (χ2n) is 3.98. The highest BCUT2D eigenvalue weighted by Gasteiger charge is 2.09. The molecule has 0 aliphatic heterocycles. The number of carbonyl (C=O) groups is 1. The number of aryl methyl sites for hydroxylation is 2. The van der Waals surface area contributed by atoms with Crippen LogP contribution in [0.5, 0.6) is 5.75 Å². The summed E-state index contributed by atoms with van der Waals surface area (Å²) in [5, 5.41) is 18.7. The molecule has 1 aromatic carbocycles. The Bertz CT molecular complexity index is 676. The highest BCUT2D eigenvalue weighted by molar-refractivity contribution is 5.82. The van der Waals surface area contributed by atoms with E-state index in [4.69, 9.17) is 5.11 Å². The Balaban J connectivity index is 2.64. The Kier molecular flexibility index (Phi) is 3.01. The number of aromatic nitrogens is 2. The zero-order valence-electron chi connectivity index (χ0n) is 9.75. The molecule has 2 rings (SSSR count). The van der Waals surface area contributed by atoms with Crippen LogP contribution in [-0.2, 0) is 11.3 Å². The molecule has 2 N–H and O–H groups in total. The average Bonchev–Trinajstić information content (AvgIpc) is 2.29. The lowest BCUT2D eigenvalue weighted by atomic mass is 10.2. The summed E-state index contributed by atoms with van der Waals surface area (Å²) < 4.78 is 1.30. The van der Waals surface area contributed by atoms with Gasteiger partial charge < -0.3 is 10.2 Å². The van der Waals surface area contributed by atoms with Crippen LogP contribution in [0.15, 0.2) is 23.0 Å². The van der Waals surface area contributed by atoms with Gasteiger partial charge in [0.2, 0.25) is 0 Å². The van der Waals surface area contributed by atoms with Crippen LogP contribution in [0.4, 0.5) is 0 Å². The van der Waals surface area contributed by atoms with Crippen molar-refractivity contribution in [3.8, 4) is 5.75 Å². The molecule has 2 aromatic rings. The third-order valence-corrected chi connectivity index (χ3v) is 2.70. The predicted octanol–water partition coefficient (Wildman–Crippen LogP) is 0.885. The number of phenolic OH excluding ortho intramolecular Hbond substituents is 1. The molecular formula is C12H12N2O4. The summed E-state index contributed by atoms with van der Waals surface area (Å²) in [4.78, 5) is 26.1. The fourth-order valence-electron chi connectivity index (χ4n) is 1.84. The average molecular weight is 248 g/mol. The highest BCUT2D eigenvalue weighted by atomic mass is 16.4. The molecule has 0 spiro atoms. The Morgan fingerprint density at radius 3 is 2.83 bits per heavy atom. The molecule has 0 aliphatic carbocycles. The number of aliphatic carboxylic acids is 1. The lowest BCUT2D eigenvalue weighted by Gasteiger charge is -2.10. The van der Waals surface area contributed by atoms with E-state index in [1.807, 2.05) is 0 Å². The Morgan fingerprint density at radius 2 is 2.17 bits per heavy atom. The van der Waals surface area contributed by atoms with Crippen molar-refractivity contribution in [2.24, 2.45) is 0 Å². The number of hydrogen-bond donors (Lipinski definition) is 2. The van der Waals surface area contributed by atoms with E-state index in [0.29, 0.717) is 16.6 Å². The van der Waals surface area contributed by atoms with Gasteiger partial charge in [-0.1, -0.05) is 0 Å². The lowest BCUT2D eigenvalue weighted by Crippen LogP contribution is -2.25. The van der Waals surface area contributed by atoms with Crippen molar-refractivity contribution in [2.45, 2.75) is 19.9 Å². The fourth-order valence-corrected chi connectivity index (χ4v) is 1.84. The van der Waals surface area contributed by atoms with Crippen LogP contribution in [0.25, 0.3) is 10.9 Å². The largest absolute Gasteiger partial charge is 0.508 e. The summed E-state index contributed by atoms with van der Waals surface area (Å²) in [5.74, 6) is -0.898. The van der Waals surface area contributed by atoms with Crippen molar-refractivity contribution >= 4 is 16.9 Å². The van der Waals surface area contributed by atoms with Crippen molar-refractivity contribution in [1.29, 1.82) is 0 Å². The number of phenols is 1. The number of carboxylic acids is 1. The van der Waals surface area contributed by atoms with E-state index >= 15 is 0 Å². The van der Waals surface area contributed by atoms with Crippen molar-refractivity contribution in [1.82, 2.24) is 9.55 Å². The Labute approximate surface area is 102 Å².